The molecular formula is C10H16N4O. The number of aliphatic hydroxyl groups excluding tert-OH is 1. The predicted molar refractivity (Wildman–Crippen MR) is 56.9 cm³/mol. The summed E-state index contributed by atoms with van der Waals surface area (Å²) in [6.45, 7) is 2.35. The van der Waals surface area contributed by atoms with Crippen LogP contribution < -0.4 is 5.32 Å². The summed E-state index contributed by atoms with van der Waals surface area (Å²) in [4.78, 5) is 0. The molecule has 0 aliphatic rings. The zero-order valence-corrected chi connectivity index (χ0v) is 8.69. The molecule has 0 saturated carbocycles. The minimum atomic E-state index is 0.176. The molecule has 1 aromatic heterocycles. The van der Waals surface area contributed by atoms with Crippen molar-refractivity contribution in [3.05, 3.63) is 11.9 Å². The molecule has 15 heavy (non-hydrogen) atoms. The van der Waals surface area contributed by atoms with E-state index in [9.17, 15) is 0 Å². The lowest BCUT2D eigenvalue weighted by Gasteiger charge is -1.97. The van der Waals surface area contributed by atoms with E-state index < -0.39 is 0 Å². The maximum absolute atomic E-state index is 8.64. The van der Waals surface area contributed by atoms with Gasteiger partial charge in [0, 0.05) is 38.9 Å². The fourth-order valence-electron chi connectivity index (χ4n) is 1.14. The van der Waals surface area contributed by atoms with Crippen LogP contribution in [0.5, 0.6) is 0 Å². The van der Waals surface area contributed by atoms with Crippen molar-refractivity contribution in [3.63, 3.8) is 0 Å². The fourth-order valence-corrected chi connectivity index (χ4v) is 1.14. The number of aromatic nitrogens is 3. The quantitative estimate of drug-likeness (QED) is 0.480. The summed E-state index contributed by atoms with van der Waals surface area (Å²) in [5.41, 5.74) is 0.893. The molecule has 1 rings (SSSR count). The van der Waals surface area contributed by atoms with Crippen molar-refractivity contribution in [1.82, 2.24) is 20.3 Å². The monoisotopic (exact) mass is 208 g/mol. The molecule has 0 bridgehead atoms. The topological polar surface area (TPSA) is 63.0 Å². The lowest BCUT2D eigenvalue weighted by molar-refractivity contribution is 0.276. The third kappa shape index (κ3) is 4.58. The molecule has 1 aromatic rings. The van der Waals surface area contributed by atoms with Gasteiger partial charge in [-0.15, -0.1) is 17.4 Å². The summed E-state index contributed by atoms with van der Waals surface area (Å²) >= 11 is 0. The largest absolute Gasteiger partial charge is 0.396 e. The van der Waals surface area contributed by atoms with Crippen molar-refractivity contribution >= 4 is 0 Å². The van der Waals surface area contributed by atoms with Crippen molar-refractivity contribution < 1.29 is 5.11 Å². The zero-order valence-electron chi connectivity index (χ0n) is 8.69. The standard InChI is InChI=1S/C10H16N4O/c1-2-3-5-11-8-10-9-14(13-12-10)6-4-7-15/h1,9,11,15H,3-8H2. The number of nitrogens with one attached hydrogen (secondary N) is 1. The molecule has 82 valence electrons. The fraction of sp³-hybridized carbons (Fsp3) is 0.600. The summed E-state index contributed by atoms with van der Waals surface area (Å²) < 4.78 is 1.73. The second-order valence-electron chi connectivity index (χ2n) is 3.18. The van der Waals surface area contributed by atoms with Crippen LogP contribution in [0, 0.1) is 12.3 Å². The number of terminal acetylenes is 1. The van der Waals surface area contributed by atoms with Gasteiger partial charge in [-0.1, -0.05) is 5.21 Å². The van der Waals surface area contributed by atoms with Crippen LogP contribution >= 0.6 is 0 Å². The summed E-state index contributed by atoms with van der Waals surface area (Å²) in [6, 6.07) is 0. The van der Waals surface area contributed by atoms with Crippen LogP contribution in [-0.2, 0) is 13.1 Å². The minimum Gasteiger partial charge on any atom is -0.396 e. The van der Waals surface area contributed by atoms with E-state index in [0.717, 1.165) is 18.7 Å². The lowest BCUT2D eigenvalue weighted by Crippen LogP contribution is -2.14. The third-order valence-electron chi connectivity index (χ3n) is 1.88. The molecule has 0 saturated heterocycles. The summed E-state index contributed by atoms with van der Waals surface area (Å²) in [5.74, 6) is 2.56. The predicted octanol–water partition coefficient (Wildman–Crippen LogP) is -0.227. The van der Waals surface area contributed by atoms with Crippen LogP contribution in [0.2, 0.25) is 0 Å². The molecule has 1 heterocycles. The normalized spacial score (nSPS) is 10.1. The van der Waals surface area contributed by atoms with Gasteiger partial charge in [0.2, 0.25) is 0 Å². The zero-order chi connectivity index (χ0) is 10.9. The molecular weight excluding hydrogens is 192 g/mol. The molecule has 0 fully saturated rings. The summed E-state index contributed by atoms with van der Waals surface area (Å²) in [7, 11) is 0. The Hall–Kier alpha value is -1.38. The molecule has 0 spiro atoms. The molecule has 0 amide bonds. The van der Waals surface area contributed by atoms with Gasteiger partial charge in [-0.05, 0) is 6.42 Å². The highest BCUT2D eigenvalue weighted by Crippen LogP contribution is 1.94. The van der Waals surface area contributed by atoms with Gasteiger partial charge in [0.15, 0.2) is 0 Å². The van der Waals surface area contributed by atoms with Gasteiger partial charge >= 0.3 is 0 Å². The lowest BCUT2D eigenvalue weighted by atomic mass is 10.4. The van der Waals surface area contributed by atoms with E-state index in [2.05, 4.69) is 21.5 Å². The van der Waals surface area contributed by atoms with Crippen molar-refractivity contribution in [2.24, 2.45) is 0 Å². The van der Waals surface area contributed by atoms with Gasteiger partial charge in [0.25, 0.3) is 0 Å². The molecule has 0 aliphatic carbocycles. The van der Waals surface area contributed by atoms with E-state index in [1.54, 1.807) is 4.68 Å². The Bertz CT molecular complexity index is 315. The van der Waals surface area contributed by atoms with Crippen LogP contribution in [0.25, 0.3) is 0 Å². The number of nitrogens with zero attached hydrogens (tertiary/aromatic N) is 3. The Morgan fingerprint density at radius 1 is 1.60 bits per heavy atom. The molecule has 0 aliphatic heterocycles. The van der Waals surface area contributed by atoms with Crippen LogP contribution in [0.15, 0.2) is 6.20 Å². The molecule has 5 nitrogen and oxygen atoms in total. The van der Waals surface area contributed by atoms with E-state index in [4.69, 9.17) is 11.5 Å². The SMILES string of the molecule is C#CCCNCc1cn(CCCO)nn1. The van der Waals surface area contributed by atoms with Crippen molar-refractivity contribution in [1.29, 1.82) is 0 Å². The first-order valence-corrected chi connectivity index (χ1v) is 5.01. The van der Waals surface area contributed by atoms with Crippen molar-refractivity contribution in [2.45, 2.75) is 25.9 Å². The molecule has 0 unspecified atom stereocenters. The van der Waals surface area contributed by atoms with Crippen LogP contribution in [0.3, 0.4) is 0 Å². The Labute approximate surface area is 89.5 Å². The van der Waals surface area contributed by atoms with E-state index in [0.29, 0.717) is 19.5 Å². The molecule has 0 radical (unpaired) electrons. The Kier molecular flexibility index (Phi) is 5.44. The maximum Gasteiger partial charge on any atom is 0.0964 e. The second-order valence-corrected chi connectivity index (χ2v) is 3.18. The molecule has 0 aromatic carbocycles. The average molecular weight is 208 g/mol. The average Bonchev–Trinajstić information content (AvgIpc) is 2.69. The van der Waals surface area contributed by atoms with E-state index >= 15 is 0 Å². The number of rotatable bonds is 7. The first kappa shape index (κ1) is 11.7. The highest BCUT2D eigenvalue weighted by Gasteiger charge is 1.99. The number of aliphatic hydroxyl groups is 1. The van der Waals surface area contributed by atoms with E-state index in [1.807, 2.05) is 6.20 Å². The van der Waals surface area contributed by atoms with Crippen molar-refractivity contribution in [2.75, 3.05) is 13.2 Å². The van der Waals surface area contributed by atoms with E-state index in [1.165, 1.54) is 0 Å². The second kappa shape index (κ2) is 6.98. The Morgan fingerprint density at radius 2 is 2.47 bits per heavy atom. The highest BCUT2D eigenvalue weighted by atomic mass is 16.3. The highest BCUT2D eigenvalue weighted by molar-refractivity contribution is 4.92. The van der Waals surface area contributed by atoms with Gasteiger partial charge < -0.3 is 10.4 Å². The first-order valence-electron chi connectivity index (χ1n) is 5.01. The first-order chi connectivity index (χ1) is 7.36. The van der Waals surface area contributed by atoms with Gasteiger partial charge in [-0.2, -0.15) is 0 Å². The van der Waals surface area contributed by atoms with Crippen LogP contribution in [0.1, 0.15) is 18.5 Å². The molecule has 5 heteroatoms. The van der Waals surface area contributed by atoms with Gasteiger partial charge in [-0.3, -0.25) is 4.68 Å². The Balaban J connectivity index is 2.24. The van der Waals surface area contributed by atoms with Crippen molar-refractivity contribution in [3.8, 4) is 12.3 Å². The molecule has 0 atom stereocenters. The minimum absolute atomic E-state index is 0.176. The van der Waals surface area contributed by atoms with Gasteiger partial charge in [0.05, 0.1) is 5.69 Å². The molecule has 2 N–H and O–H groups in total. The number of hydrogen-bond acceptors (Lipinski definition) is 4. The van der Waals surface area contributed by atoms with E-state index in [-0.39, 0.29) is 6.61 Å². The van der Waals surface area contributed by atoms with Crippen LogP contribution in [0.4, 0.5) is 0 Å². The number of hydrogen-bond donors (Lipinski definition) is 2. The Morgan fingerprint density at radius 3 is 3.20 bits per heavy atom. The third-order valence-corrected chi connectivity index (χ3v) is 1.88. The van der Waals surface area contributed by atoms with Crippen LogP contribution in [-0.4, -0.2) is 33.3 Å². The van der Waals surface area contributed by atoms with Gasteiger partial charge in [0.1, 0.15) is 0 Å². The smallest absolute Gasteiger partial charge is 0.0964 e. The maximum atomic E-state index is 8.64. The summed E-state index contributed by atoms with van der Waals surface area (Å²) in [5, 5.41) is 19.7. The summed E-state index contributed by atoms with van der Waals surface area (Å²) in [6.07, 6.45) is 8.42. The van der Waals surface area contributed by atoms with Gasteiger partial charge in [-0.25, -0.2) is 0 Å². The number of aryl methyl sites for hydroxylation is 1.